The molecule has 112 valence electrons. The van der Waals surface area contributed by atoms with Crippen molar-refractivity contribution >= 4 is 21.2 Å². The molecule has 0 bridgehead atoms. The largest absolute Gasteiger partial charge is 0.493 e. The number of hydrogen-bond acceptors (Lipinski definition) is 5. The molecule has 1 saturated heterocycles. The molecule has 20 heavy (non-hydrogen) atoms. The zero-order valence-electron chi connectivity index (χ0n) is 11.8. The van der Waals surface area contributed by atoms with Gasteiger partial charge in [0, 0.05) is 30.1 Å². The molecule has 1 aromatic rings. The topological polar surface area (TPSA) is 81.4 Å². The van der Waals surface area contributed by atoms with Crippen LogP contribution >= 0.6 is 0 Å². The molecule has 2 rings (SSSR count). The summed E-state index contributed by atoms with van der Waals surface area (Å²) in [5.41, 5.74) is 7.36. The van der Waals surface area contributed by atoms with E-state index in [9.17, 15) is 8.42 Å². The van der Waals surface area contributed by atoms with Gasteiger partial charge in [0.15, 0.2) is 9.84 Å². The van der Waals surface area contributed by atoms with Crippen molar-refractivity contribution in [2.75, 3.05) is 35.7 Å². The maximum Gasteiger partial charge on any atom is 0.150 e. The Morgan fingerprint density at radius 3 is 2.85 bits per heavy atom. The standard InChI is InChI=1S/C14H22N2O3S/c1-2-4-19-14-7-12(15)6-13(8-14)16-9-11-3-5-20(17,18)10-11/h6-8,11,16H,2-5,9-10,15H2,1H3. The fourth-order valence-electron chi connectivity index (χ4n) is 2.32. The Hall–Kier alpha value is -1.43. The molecule has 0 radical (unpaired) electrons. The Kier molecular flexibility index (Phi) is 4.75. The molecule has 5 nitrogen and oxygen atoms in total. The smallest absolute Gasteiger partial charge is 0.150 e. The molecule has 0 amide bonds. The minimum absolute atomic E-state index is 0.182. The first-order valence-electron chi connectivity index (χ1n) is 6.96. The van der Waals surface area contributed by atoms with Gasteiger partial charge in [-0.25, -0.2) is 8.42 Å². The van der Waals surface area contributed by atoms with Crippen LogP contribution in [0.2, 0.25) is 0 Å². The summed E-state index contributed by atoms with van der Waals surface area (Å²) in [4.78, 5) is 0. The Morgan fingerprint density at radius 2 is 2.20 bits per heavy atom. The van der Waals surface area contributed by atoms with Gasteiger partial charge in [0.1, 0.15) is 5.75 Å². The number of nitrogens with one attached hydrogen (secondary N) is 1. The van der Waals surface area contributed by atoms with E-state index in [1.54, 1.807) is 6.07 Å². The molecule has 1 aliphatic heterocycles. The van der Waals surface area contributed by atoms with Crippen molar-refractivity contribution in [2.24, 2.45) is 5.92 Å². The van der Waals surface area contributed by atoms with E-state index in [0.29, 0.717) is 24.6 Å². The van der Waals surface area contributed by atoms with Crippen LogP contribution in [0.15, 0.2) is 18.2 Å². The molecule has 0 aliphatic carbocycles. The lowest BCUT2D eigenvalue weighted by atomic mass is 10.1. The average molecular weight is 298 g/mol. The highest BCUT2D eigenvalue weighted by Gasteiger charge is 2.27. The Bertz CT molecular complexity index is 558. The summed E-state index contributed by atoms with van der Waals surface area (Å²) >= 11 is 0. The van der Waals surface area contributed by atoms with E-state index in [1.165, 1.54) is 0 Å². The molecule has 3 N–H and O–H groups in total. The molecule has 0 saturated carbocycles. The molecule has 1 atom stereocenters. The average Bonchev–Trinajstić information content (AvgIpc) is 2.73. The summed E-state index contributed by atoms with van der Waals surface area (Å²) in [5.74, 6) is 1.51. The number of nitrogen functional groups attached to an aromatic ring is 1. The van der Waals surface area contributed by atoms with Crippen LogP contribution in [0.25, 0.3) is 0 Å². The van der Waals surface area contributed by atoms with Crippen LogP contribution < -0.4 is 15.8 Å². The molecule has 0 aromatic heterocycles. The van der Waals surface area contributed by atoms with Crippen molar-refractivity contribution in [2.45, 2.75) is 19.8 Å². The van der Waals surface area contributed by atoms with Gasteiger partial charge in [-0.05, 0) is 24.8 Å². The SMILES string of the molecule is CCCOc1cc(N)cc(NCC2CCS(=O)(=O)C2)c1. The first kappa shape index (κ1) is 15.0. The summed E-state index contributed by atoms with van der Waals surface area (Å²) < 4.78 is 28.4. The maximum atomic E-state index is 11.4. The third kappa shape index (κ3) is 4.30. The molecule has 1 heterocycles. The lowest BCUT2D eigenvalue weighted by Crippen LogP contribution is -2.15. The van der Waals surface area contributed by atoms with Crippen molar-refractivity contribution in [3.05, 3.63) is 18.2 Å². The van der Waals surface area contributed by atoms with Gasteiger partial charge in [0.2, 0.25) is 0 Å². The maximum absolute atomic E-state index is 11.4. The van der Waals surface area contributed by atoms with Crippen LogP contribution in [0.3, 0.4) is 0 Å². The second-order valence-corrected chi connectivity index (χ2v) is 7.52. The van der Waals surface area contributed by atoms with E-state index in [2.05, 4.69) is 5.32 Å². The lowest BCUT2D eigenvalue weighted by molar-refractivity contribution is 0.318. The van der Waals surface area contributed by atoms with Crippen molar-refractivity contribution in [3.8, 4) is 5.75 Å². The van der Waals surface area contributed by atoms with Crippen LogP contribution in [0.4, 0.5) is 11.4 Å². The minimum Gasteiger partial charge on any atom is -0.493 e. The number of hydrogen-bond donors (Lipinski definition) is 2. The van der Waals surface area contributed by atoms with E-state index in [-0.39, 0.29) is 11.7 Å². The van der Waals surface area contributed by atoms with Crippen molar-refractivity contribution < 1.29 is 13.2 Å². The summed E-state index contributed by atoms with van der Waals surface area (Å²) in [6.45, 7) is 3.35. The van der Waals surface area contributed by atoms with Crippen LogP contribution in [0.5, 0.6) is 5.75 Å². The van der Waals surface area contributed by atoms with Gasteiger partial charge in [-0.2, -0.15) is 0 Å². The van der Waals surface area contributed by atoms with Crippen LogP contribution in [-0.2, 0) is 9.84 Å². The Balaban J connectivity index is 1.94. The highest BCUT2D eigenvalue weighted by atomic mass is 32.2. The zero-order chi connectivity index (χ0) is 14.6. The number of sulfone groups is 1. The van der Waals surface area contributed by atoms with Crippen molar-refractivity contribution in [3.63, 3.8) is 0 Å². The number of rotatable bonds is 6. The molecular weight excluding hydrogens is 276 g/mol. The van der Waals surface area contributed by atoms with Gasteiger partial charge >= 0.3 is 0 Å². The fourth-order valence-corrected chi connectivity index (χ4v) is 4.18. The van der Waals surface area contributed by atoms with Gasteiger partial charge in [-0.3, -0.25) is 0 Å². The Morgan fingerprint density at radius 1 is 1.40 bits per heavy atom. The quantitative estimate of drug-likeness (QED) is 0.784. The monoisotopic (exact) mass is 298 g/mol. The van der Waals surface area contributed by atoms with E-state index in [0.717, 1.165) is 24.3 Å². The molecule has 1 aliphatic rings. The first-order chi connectivity index (χ1) is 9.48. The first-order valence-corrected chi connectivity index (χ1v) is 8.78. The number of ether oxygens (including phenoxy) is 1. The van der Waals surface area contributed by atoms with Crippen LogP contribution in [0, 0.1) is 5.92 Å². The lowest BCUT2D eigenvalue weighted by Gasteiger charge is -2.13. The van der Waals surface area contributed by atoms with Crippen LogP contribution in [-0.4, -0.2) is 33.1 Å². The summed E-state index contributed by atoms with van der Waals surface area (Å²) in [7, 11) is -2.82. The van der Waals surface area contributed by atoms with Crippen LogP contribution in [0.1, 0.15) is 19.8 Å². The summed E-state index contributed by atoms with van der Waals surface area (Å²) in [6, 6.07) is 5.53. The summed E-state index contributed by atoms with van der Waals surface area (Å²) in [6.07, 6.45) is 1.67. The van der Waals surface area contributed by atoms with Gasteiger partial charge in [-0.1, -0.05) is 6.92 Å². The normalized spacial score (nSPS) is 20.8. The fraction of sp³-hybridized carbons (Fsp3) is 0.571. The second-order valence-electron chi connectivity index (χ2n) is 5.29. The van der Waals surface area contributed by atoms with Gasteiger partial charge in [-0.15, -0.1) is 0 Å². The minimum atomic E-state index is -2.82. The molecule has 6 heteroatoms. The van der Waals surface area contributed by atoms with E-state index in [4.69, 9.17) is 10.5 Å². The third-order valence-electron chi connectivity index (χ3n) is 3.32. The van der Waals surface area contributed by atoms with Gasteiger partial charge in [0.25, 0.3) is 0 Å². The van der Waals surface area contributed by atoms with Gasteiger partial charge in [0.05, 0.1) is 18.1 Å². The zero-order valence-corrected chi connectivity index (χ0v) is 12.6. The third-order valence-corrected chi connectivity index (χ3v) is 5.16. The van der Waals surface area contributed by atoms with Gasteiger partial charge < -0.3 is 15.8 Å². The van der Waals surface area contributed by atoms with E-state index < -0.39 is 9.84 Å². The molecular formula is C14H22N2O3S. The molecule has 1 unspecified atom stereocenters. The molecule has 0 spiro atoms. The predicted octanol–water partition coefficient (Wildman–Crippen LogP) is 1.90. The highest BCUT2D eigenvalue weighted by Crippen LogP contribution is 2.24. The second kappa shape index (κ2) is 6.35. The molecule has 1 fully saturated rings. The summed E-state index contributed by atoms with van der Waals surface area (Å²) in [5, 5.41) is 3.26. The predicted molar refractivity (Wildman–Crippen MR) is 81.9 cm³/mol. The molecule has 1 aromatic carbocycles. The Labute approximate surface area is 120 Å². The highest BCUT2D eigenvalue weighted by molar-refractivity contribution is 7.91. The number of anilines is 2. The number of benzene rings is 1. The van der Waals surface area contributed by atoms with Crippen molar-refractivity contribution in [1.29, 1.82) is 0 Å². The number of nitrogens with two attached hydrogens (primary N) is 1. The van der Waals surface area contributed by atoms with Crippen molar-refractivity contribution in [1.82, 2.24) is 0 Å². The van der Waals surface area contributed by atoms with E-state index in [1.807, 2.05) is 19.1 Å². The van der Waals surface area contributed by atoms with E-state index >= 15 is 0 Å².